The van der Waals surface area contributed by atoms with Crippen LogP contribution in [0, 0.1) is 0 Å². The fourth-order valence-corrected chi connectivity index (χ4v) is 4.82. The Balaban J connectivity index is 1.69. The summed E-state index contributed by atoms with van der Waals surface area (Å²) in [4.78, 5) is 32.8. The maximum atomic E-state index is 13.9. The van der Waals surface area contributed by atoms with Crippen LogP contribution in [0.3, 0.4) is 0 Å². The van der Waals surface area contributed by atoms with E-state index >= 15 is 0 Å². The van der Waals surface area contributed by atoms with Gasteiger partial charge in [-0.2, -0.15) is 0 Å². The number of nitrogens with zero attached hydrogens (tertiary/aromatic N) is 2. The summed E-state index contributed by atoms with van der Waals surface area (Å²) in [7, 11) is 0. The number of pyridine rings is 1. The van der Waals surface area contributed by atoms with E-state index in [0.717, 1.165) is 5.56 Å². The van der Waals surface area contributed by atoms with Crippen molar-refractivity contribution in [3.8, 4) is 0 Å². The third-order valence-electron chi connectivity index (χ3n) is 6.49. The SMILES string of the molecule is NC(=O)[C@]1(c2ccccn2)CCCN(C(=O)C2(c3ccccc3)CCOCC2)C1. The molecule has 2 saturated heterocycles. The van der Waals surface area contributed by atoms with Crippen LogP contribution in [0.15, 0.2) is 54.7 Å². The van der Waals surface area contributed by atoms with Crippen molar-refractivity contribution in [1.82, 2.24) is 9.88 Å². The van der Waals surface area contributed by atoms with Crippen LogP contribution >= 0.6 is 0 Å². The number of carbonyl (C=O) groups excluding carboxylic acids is 2. The average Bonchev–Trinajstić information content (AvgIpc) is 2.80. The Hall–Kier alpha value is -2.73. The molecule has 6 heteroatoms. The number of nitrogens with two attached hydrogens (primary N) is 1. The smallest absolute Gasteiger partial charge is 0.233 e. The minimum Gasteiger partial charge on any atom is -0.381 e. The number of hydrogen-bond donors (Lipinski definition) is 1. The zero-order chi connectivity index (χ0) is 20.3. The van der Waals surface area contributed by atoms with Crippen molar-refractivity contribution in [1.29, 1.82) is 0 Å². The first-order valence-electron chi connectivity index (χ1n) is 10.2. The highest BCUT2D eigenvalue weighted by atomic mass is 16.5. The Kier molecular flexibility index (Phi) is 5.37. The van der Waals surface area contributed by atoms with Crippen LogP contribution in [-0.2, 0) is 25.2 Å². The zero-order valence-corrected chi connectivity index (χ0v) is 16.5. The highest BCUT2D eigenvalue weighted by Gasteiger charge is 2.49. The molecular weight excluding hydrogens is 366 g/mol. The molecule has 0 spiro atoms. The number of ether oxygens (including phenoxy) is 1. The van der Waals surface area contributed by atoms with Gasteiger partial charge in [0.1, 0.15) is 5.41 Å². The minimum atomic E-state index is -0.946. The van der Waals surface area contributed by atoms with Crippen LogP contribution in [0.1, 0.15) is 36.9 Å². The summed E-state index contributed by atoms with van der Waals surface area (Å²) in [6.07, 6.45) is 4.26. The molecule has 2 fully saturated rings. The van der Waals surface area contributed by atoms with Crippen molar-refractivity contribution in [2.75, 3.05) is 26.3 Å². The second-order valence-corrected chi connectivity index (χ2v) is 8.05. The molecule has 1 atom stereocenters. The second-order valence-electron chi connectivity index (χ2n) is 8.05. The van der Waals surface area contributed by atoms with Crippen LogP contribution in [0.5, 0.6) is 0 Å². The number of likely N-dealkylation sites (tertiary alicyclic amines) is 1. The molecule has 152 valence electrons. The number of amides is 2. The fraction of sp³-hybridized carbons (Fsp3) is 0.435. The number of benzene rings is 1. The molecule has 0 radical (unpaired) electrons. The summed E-state index contributed by atoms with van der Waals surface area (Å²) in [5.41, 5.74) is 5.97. The summed E-state index contributed by atoms with van der Waals surface area (Å²) in [5, 5.41) is 0. The Labute approximate surface area is 171 Å². The van der Waals surface area contributed by atoms with E-state index in [9.17, 15) is 9.59 Å². The molecule has 2 N–H and O–H groups in total. The topological polar surface area (TPSA) is 85.5 Å². The number of rotatable bonds is 4. The minimum absolute atomic E-state index is 0.0632. The predicted molar refractivity (Wildman–Crippen MR) is 109 cm³/mol. The first-order valence-corrected chi connectivity index (χ1v) is 10.2. The van der Waals surface area contributed by atoms with Gasteiger partial charge in [0.05, 0.1) is 11.1 Å². The second kappa shape index (κ2) is 7.95. The quantitative estimate of drug-likeness (QED) is 0.863. The number of hydrogen-bond acceptors (Lipinski definition) is 4. The monoisotopic (exact) mass is 393 g/mol. The maximum Gasteiger partial charge on any atom is 0.233 e. The lowest BCUT2D eigenvalue weighted by Crippen LogP contribution is -2.59. The molecule has 2 aromatic rings. The highest BCUT2D eigenvalue weighted by molar-refractivity contribution is 5.91. The molecule has 6 nitrogen and oxygen atoms in total. The van der Waals surface area contributed by atoms with E-state index in [1.54, 1.807) is 6.20 Å². The number of piperidine rings is 1. The summed E-state index contributed by atoms with van der Waals surface area (Å²) in [6, 6.07) is 15.4. The van der Waals surface area contributed by atoms with Crippen molar-refractivity contribution in [3.63, 3.8) is 0 Å². The lowest BCUT2D eigenvalue weighted by molar-refractivity contribution is -0.145. The van der Waals surface area contributed by atoms with Gasteiger partial charge in [0, 0.05) is 32.5 Å². The molecule has 2 aliphatic rings. The number of primary amides is 1. The van der Waals surface area contributed by atoms with Gasteiger partial charge in [0.2, 0.25) is 11.8 Å². The normalized spacial score (nSPS) is 24.1. The van der Waals surface area contributed by atoms with Crippen LogP contribution in [-0.4, -0.2) is 48.0 Å². The summed E-state index contributed by atoms with van der Waals surface area (Å²) >= 11 is 0. The van der Waals surface area contributed by atoms with E-state index < -0.39 is 16.7 Å². The van der Waals surface area contributed by atoms with Gasteiger partial charge < -0.3 is 15.4 Å². The third-order valence-corrected chi connectivity index (χ3v) is 6.49. The van der Waals surface area contributed by atoms with Crippen LogP contribution in [0.2, 0.25) is 0 Å². The van der Waals surface area contributed by atoms with Gasteiger partial charge in [-0.25, -0.2) is 0 Å². The average molecular weight is 393 g/mol. The zero-order valence-electron chi connectivity index (χ0n) is 16.5. The van der Waals surface area contributed by atoms with Gasteiger partial charge in [-0.05, 0) is 43.4 Å². The van der Waals surface area contributed by atoms with Gasteiger partial charge in [0.25, 0.3) is 0 Å². The first-order chi connectivity index (χ1) is 14.1. The first kappa shape index (κ1) is 19.6. The number of carbonyl (C=O) groups is 2. The van der Waals surface area contributed by atoms with E-state index in [2.05, 4.69) is 4.98 Å². The van der Waals surface area contributed by atoms with E-state index in [1.165, 1.54) is 0 Å². The number of aromatic nitrogens is 1. The lowest BCUT2D eigenvalue weighted by Gasteiger charge is -2.45. The molecule has 1 aromatic carbocycles. The Morgan fingerprint density at radius 3 is 2.34 bits per heavy atom. The van der Waals surface area contributed by atoms with Gasteiger partial charge in [-0.1, -0.05) is 36.4 Å². The molecule has 0 saturated carbocycles. The molecule has 2 aliphatic heterocycles. The Morgan fingerprint density at radius 2 is 1.69 bits per heavy atom. The summed E-state index contributed by atoms with van der Waals surface area (Å²) in [6.45, 7) is 2.00. The maximum absolute atomic E-state index is 13.9. The molecular formula is C23H27N3O3. The molecule has 0 aliphatic carbocycles. The lowest BCUT2D eigenvalue weighted by atomic mass is 9.71. The third kappa shape index (κ3) is 3.42. The van der Waals surface area contributed by atoms with Crippen molar-refractivity contribution in [2.24, 2.45) is 5.73 Å². The molecule has 3 heterocycles. The summed E-state index contributed by atoms with van der Waals surface area (Å²) < 4.78 is 5.58. The molecule has 29 heavy (non-hydrogen) atoms. The van der Waals surface area contributed by atoms with Crippen molar-refractivity contribution in [2.45, 2.75) is 36.5 Å². The van der Waals surface area contributed by atoms with Crippen molar-refractivity contribution >= 4 is 11.8 Å². The predicted octanol–water partition coefficient (Wildman–Crippen LogP) is 2.18. The largest absolute Gasteiger partial charge is 0.381 e. The van der Waals surface area contributed by atoms with Crippen molar-refractivity contribution < 1.29 is 14.3 Å². The van der Waals surface area contributed by atoms with Gasteiger partial charge in [-0.15, -0.1) is 0 Å². The van der Waals surface area contributed by atoms with Crippen LogP contribution in [0.25, 0.3) is 0 Å². The molecule has 2 amide bonds. The van der Waals surface area contributed by atoms with Gasteiger partial charge >= 0.3 is 0 Å². The molecule has 0 unspecified atom stereocenters. The van der Waals surface area contributed by atoms with E-state index in [1.807, 2.05) is 53.4 Å². The van der Waals surface area contributed by atoms with Gasteiger partial charge in [0.15, 0.2) is 0 Å². The fourth-order valence-electron chi connectivity index (χ4n) is 4.82. The van der Waals surface area contributed by atoms with Crippen molar-refractivity contribution in [3.05, 3.63) is 66.0 Å². The van der Waals surface area contributed by atoms with E-state index in [-0.39, 0.29) is 12.5 Å². The highest BCUT2D eigenvalue weighted by Crippen LogP contribution is 2.40. The van der Waals surface area contributed by atoms with E-state index in [4.69, 9.17) is 10.5 Å². The van der Waals surface area contributed by atoms with Crippen LogP contribution < -0.4 is 5.73 Å². The van der Waals surface area contributed by atoms with Gasteiger partial charge in [-0.3, -0.25) is 14.6 Å². The molecule has 1 aromatic heterocycles. The molecule has 4 rings (SSSR count). The Bertz CT molecular complexity index is 865. The van der Waals surface area contributed by atoms with Crippen LogP contribution in [0.4, 0.5) is 0 Å². The Morgan fingerprint density at radius 1 is 0.966 bits per heavy atom. The standard InChI is InChI=1S/C23H27N3O3/c24-20(27)23(19-9-4-5-13-25-19)10-6-14-26(17-23)21(28)22(11-15-29-16-12-22)18-7-2-1-3-8-18/h1-5,7-9,13H,6,10-12,14-17H2,(H2,24,27)/t23-/m1/s1. The molecule has 0 bridgehead atoms. The van der Waals surface area contributed by atoms with E-state index in [0.29, 0.717) is 51.1 Å². The summed E-state index contributed by atoms with van der Waals surface area (Å²) in [5.74, 6) is -0.359.